The van der Waals surface area contributed by atoms with Gasteiger partial charge in [0.05, 0.1) is 0 Å². The van der Waals surface area contributed by atoms with Crippen molar-refractivity contribution in [1.82, 2.24) is 19.9 Å². The lowest BCUT2D eigenvalue weighted by Gasteiger charge is -2.11. The zero-order chi connectivity index (χ0) is 34.9. The highest BCUT2D eigenvalue weighted by molar-refractivity contribution is 7.26. The maximum absolute atomic E-state index is 6.77. The second-order valence-electron chi connectivity index (χ2n) is 13.0. The molecule has 11 rings (SSSR count). The Morgan fingerprint density at radius 1 is 0.415 bits per heavy atom. The largest absolute Gasteiger partial charge is 0.455 e. The molecule has 0 unspecified atom stereocenters. The zero-order valence-electron chi connectivity index (χ0n) is 28.0. The predicted octanol–water partition coefficient (Wildman–Crippen LogP) is 12.6. The molecular weight excluding hydrogens is 673 g/mol. The van der Waals surface area contributed by atoms with Crippen LogP contribution >= 0.6 is 11.3 Å². The smallest absolute Gasteiger partial charge is 0.227 e. The summed E-state index contributed by atoms with van der Waals surface area (Å²) < 4.78 is 15.3. The molecule has 7 aromatic carbocycles. The third kappa shape index (κ3) is 4.86. The SMILES string of the molecule is c1ccc(-c2nc(-c3ccccc3)nc(-c3ccc(-c4cccc5c4sc4cc6oc(-c7ccccc7)nc6cc45)c4oc5ccccc5c34)n2)cc1. The van der Waals surface area contributed by atoms with Crippen molar-refractivity contribution in [3.63, 3.8) is 0 Å². The molecule has 6 nitrogen and oxygen atoms in total. The van der Waals surface area contributed by atoms with Crippen LogP contribution in [0.2, 0.25) is 0 Å². The van der Waals surface area contributed by atoms with Crippen LogP contribution in [0.5, 0.6) is 0 Å². The maximum atomic E-state index is 6.77. The molecule has 0 aliphatic rings. The number of thiophene rings is 1. The monoisotopic (exact) mass is 698 g/mol. The molecule has 0 N–H and O–H groups in total. The Labute approximate surface area is 306 Å². The summed E-state index contributed by atoms with van der Waals surface area (Å²) in [5.74, 6) is 2.45. The molecule has 0 aliphatic heterocycles. The number of aromatic nitrogens is 4. The van der Waals surface area contributed by atoms with Gasteiger partial charge in [-0.1, -0.05) is 115 Å². The van der Waals surface area contributed by atoms with E-state index in [0.29, 0.717) is 23.4 Å². The predicted molar refractivity (Wildman–Crippen MR) is 215 cm³/mol. The number of benzene rings is 7. The van der Waals surface area contributed by atoms with E-state index >= 15 is 0 Å². The van der Waals surface area contributed by atoms with Gasteiger partial charge in [0.25, 0.3) is 0 Å². The van der Waals surface area contributed by atoms with Crippen molar-refractivity contribution in [2.45, 2.75) is 0 Å². The van der Waals surface area contributed by atoms with Gasteiger partial charge in [-0.15, -0.1) is 11.3 Å². The molecule has 0 radical (unpaired) electrons. The Kier molecular flexibility index (Phi) is 6.62. The molecule has 7 heteroatoms. The summed E-state index contributed by atoms with van der Waals surface area (Å²) in [6.07, 6.45) is 0. The lowest BCUT2D eigenvalue weighted by atomic mass is 9.97. The van der Waals surface area contributed by atoms with Gasteiger partial charge in [-0.05, 0) is 36.4 Å². The minimum Gasteiger partial charge on any atom is -0.455 e. The number of nitrogens with zero attached hydrogens (tertiary/aromatic N) is 4. The van der Waals surface area contributed by atoms with E-state index in [1.807, 2.05) is 109 Å². The second-order valence-corrected chi connectivity index (χ2v) is 14.0. The number of rotatable bonds is 5. The van der Waals surface area contributed by atoms with Crippen LogP contribution in [-0.4, -0.2) is 19.9 Å². The Bertz CT molecular complexity index is 3110. The van der Waals surface area contributed by atoms with Gasteiger partial charge in [-0.25, -0.2) is 19.9 Å². The summed E-state index contributed by atoms with van der Waals surface area (Å²) in [6.45, 7) is 0. The fourth-order valence-electron chi connectivity index (χ4n) is 7.29. The van der Waals surface area contributed by atoms with Crippen LogP contribution in [0.1, 0.15) is 0 Å². The van der Waals surface area contributed by atoms with Crippen molar-refractivity contribution < 1.29 is 8.83 Å². The van der Waals surface area contributed by atoms with Crippen LogP contribution in [-0.2, 0) is 0 Å². The van der Waals surface area contributed by atoms with E-state index in [1.165, 1.54) is 10.1 Å². The molecule has 0 atom stereocenters. The molecule has 11 aromatic rings. The van der Waals surface area contributed by atoms with E-state index in [0.717, 1.165) is 76.5 Å². The lowest BCUT2D eigenvalue weighted by molar-refractivity contribution is 0.620. The minimum atomic E-state index is 0.589. The number of para-hydroxylation sites is 1. The molecule has 0 saturated heterocycles. The van der Waals surface area contributed by atoms with Gasteiger partial charge in [-0.3, -0.25) is 0 Å². The van der Waals surface area contributed by atoms with E-state index in [-0.39, 0.29) is 0 Å². The fraction of sp³-hybridized carbons (Fsp3) is 0. The second kappa shape index (κ2) is 11.8. The van der Waals surface area contributed by atoms with Gasteiger partial charge >= 0.3 is 0 Å². The third-order valence-corrected chi connectivity index (χ3v) is 11.0. The molecule has 0 aliphatic carbocycles. The number of fused-ring (bicyclic) bond motifs is 7. The standard InChI is InChI=1S/C46H26N4O2S/c1-4-13-27(14-5-1)43-48-44(28-15-6-2-7-16-28)50-45(49-43)34-24-23-30(41-40(34)33-19-10-11-22-37(33)51-41)31-20-12-21-32-35-25-36-38(26-39(35)53-42(31)32)52-46(47-36)29-17-8-3-9-18-29/h1-26H. The molecular formula is C46H26N4O2S. The van der Waals surface area contributed by atoms with E-state index in [2.05, 4.69) is 48.5 Å². The summed E-state index contributed by atoms with van der Waals surface area (Å²) in [4.78, 5) is 20.0. The first-order valence-corrected chi connectivity index (χ1v) is 18.2. The summed E-state index contributed by atoms with van der Waals surface area (Å²) in [7, 11) is 0. The molecule has 0 bridgehead atoms. The van der Waals surface area contributed by atoms with Crippen molar-refractivity contribution >= 4 is 64.5 Å². The van der Waals surface area contributed by atoms with Gasteiger partial charge in [0.2, 0.25) is 5.89 Å². The van der Waals surface area contributed by atoms with Crippen molar-refractivity contribution in [2.75, 3.05) is 0 Å². The van der Waals surface area contributed by atoms with Crippen molar-refractivity contribution in [3.8, 4) is 56.7 Å². The van der Waals surface area contributed by atoms with Crippen molar-refractivity contribution in [3.05, 3.63) is 158 Å². The Balaban J connectivity index is 1.12. The lowest BCUT2D eigenvalue weighted by Crippen LogP contribution is -2.00. The Morgan fingerprint density at radius 3 is 1.77 bits per heavy atom. The molecule has 53 heavy (non-hydrogen) atoms. The highest BCUT2D eigenvalue weighted by Crippen LogP contribution is 2.46. The highest BCUT2D eigenvalue weighted by atomic mass is 32.1. The quantitative estimate of drug-likeness (QED) is 0.178. The van der Waals surface area contributed by atoms with E-state index in [9.17, 15) is 0 Å². The summed E-state index contributed by atoms with van der Waals surface area (Å²) >= 11 is 1.76. The van der Waals surface area contributed by atoms with Crippen LogP contribution in [0, 0.1) is 0 Å². The molecule has 0 fully saturated rings. The van der Waals surface area contributed by atoms with E-state index in [1.54, 1.807) is 11.3 Å². The van der Waals surface area contributed by atoms with Crippen LogP contribution in [0.15, 0.2) is 167 Å². The van der Waals surface area contributed by atoms with Crippen LogP contribution in [0.4, 0.5) is 0 Å². The number of hydrogen-bond acceptors (Lipinski definition) is 7. The van der Waals surface area contributed by atoms with Gasteiger partial charge in [0, 0.05) is 70.4 Å². The summed E-state index contributed by atoms with van der Waals surface area (Å²) in [5, 5.41) is 4.29. The number of oxazole rings is 1. The highest BCUT2D eigenvalue weighted by Gasteiger charge is 2.22. The zero-order valence-corrected chi connectivity index (χ0v) is 28.8. The van der Waals surface area contributed by atoms with Gasteiger partial charge in [0.15, 0.2) is 23.1 Å². The molecule has 4 heterocycles. The van der Waals surface area contributed by atoms with E-state index < -0.39 is 0 Å². The van der Waals surface area contributed by atoms with Crippen LogP contribution in [0.3, 0.4) is 0 Å². The molecule has 0 spiro atoms. The topological polar surface area (TPSA) is 77.8 Å². The van der Waals surface area contributed by atoms with Gasteiger partial charge in [-0.2, -0.15) is 0 Å². The fourth-order valence-corrected chi connectivity index (χ4v) is 8.53. The summed E-state index contributed by atoms with van der Waals surface area (Å²) in [5.41, 5.74) is 9.01. The van der Waals surface area contributed by atoms with E-state index in [4.69, 9.17) is 28.8 Å². The Hall–Kier alpha value is -6.96. The number of furan rings is 1. The average molecular weight is 699 g/mol. The molecule has 0 saturated carbocycles. The Morgan fingerprint density at radius 2 is 1.04 bits per heavy atom. The van der Waals surface area contributed by atoms with Gasteiger partial charge < -0.3 is 8.83 Å². The average Bonchev–Trinajstić information content (AvgIpc) is 3.94. The molecule has 248 valence electrons. The van der Waals surface area contributed by atoms with Crippen LogP contribution < -0.4 is 0 Å². The molecule has 4 aromatic heterocycles. The van der Waals surface area contributed by atoms with Crippen molar-refractivity contribution in [1.29, 1.82) is 0 Å². The normalized spacial score (nSPS) is 11.8. The minimum absolute atomic E-state index is 0.589. The third-order valence-electron chi connectivity index (χ3n) is 9.78. The first-order chi connectivity index (χ1) is 26.2. The first kappa shape index (κ1) is 29.7. The van der Waals surface area contributed by atoms with Crippen LogP contribution in [0.25, 0.3) is 110 Å². The molecule has 0 amide bonds. The first-order valence-electron chi connectivity index (χ1n) is 17.4. The van der Waals surface area contributed by atoms with Crippen molar-refractivity contribution in [2.24, 2.45) is 0 Å². The maximum Gasteiger partial charge on any atom is 0.227 e. The number of hydrogen-bond donors (Lipinski definition) is 0. The summed E-state index contributed by atoms with van der Waals surface area (Å²) in [6, 6.07) is 53.4. The van der Waals surface area contributed by atoms with Gasteiger partial charge in [0.1, 0.15) is 16.7 Å².